The molecule has 11 nitrogen and oxygen atoms in total. The second kappa shape index (κ2) is 12.5. The van der Waals surface area contributed by atoms with Gasteiger partial charge in [0.2, 0.25) is 17.7 Å². The van der Waals surface area contributed by atoms with E-state index in [0.29, 0.717) is 49.3 Å². The van der Waals surface area contributed by atoms with E-state index in [1.807, 2.05) is 66.4 Å². The smallest absolute Gasteiger partial charge is 0.320 e. The van der Waals surface area contributed by atoms with Crippen LogP contribution in [0.15, 0.2) is 66.9 Å². The first kappa shape index (κ1) is 29.6. The molecule has 5 rings (SSSR count). The first-order chi connectivity index (χ1) is 20.6. The summed E-state index contributed by atoms with van der Waals surface area (Å²) >= 11 is 0. The molecule has 1 aliphatic rings. The van der Waals surface area contributed by atoms with Gasteiger partial charge >= 0.3 is 6.03 Å². The monoisotopic (exact) mass is 582 g/mol. The van der Waals surface area contributed by atoms with Gasteiger partial charge in [0.1, 0.15) is 11.6 Å². The molecule has 1 aliphatic heterocycles. The minimum Gasteiger partial charge on any atom is -0.439 e. The summed E-state index contributed by atoms with van der Waals surface area (Å²) in [6.45, 7) is 9.80. The van der Waals surface area contributed by atoms with Crippen LogP contribution in [0.4, 0.5) is 16.6 Å². The number of nitrogens with zero attached hydrogens (tertiary/aromatic N) is 5. The SMILES string of the molecule is Cc1ccc(-n2nc(C(C)(C)C)cc2NC(=O)NCc2ccccc2Oc2ccnc(N3CCC(C(N)=O)CC3)n2)cc1. The topological polar surface area (TPSA) is 140 Å². The number of primary amides is 1. The fraction of sp³-hybridized carbons (Fsp3) is 0.344. The number of urea groups is 1. The van der Waals surface area contributed by atoms with E-state index in [0.717, 1.165) is 22.5 Å². The van der Waals surface area contributed by atoms with Gasteiger partial charge in [0.25, 0.3) is 0 Å². The highest BCUT2D eigenvalue weighted by Crippen LogP contribution is 2.28. The Morgan fingerprint density at radius 1 is 1.05 bits per heavy atom. The second-order valence-electron chi connectivity index (χ2n) is 11.8. The van der Waals surface area contributed by atoms with Crippen molar-refractivity contribution in [3.05, 3.63) is 83.7 Å². The third-order valence-corrected chi connectivity index (χ3v) is 7.42. The Labute approximate surface area is 251 Å². The van der Waals surface area contributed by atoms with Crippen molar-refractivity contribution in [3.63, 3.8) is 0 Å². The quantitative estimate of drug-likeness (QED) is 0.263. The first-order valence-corrected chi connectivity index (χ1v) is 14.4. The number of para-hydroxylation sites is 1. The van der Waals surface area contributed by atoms with E-state index in [4.69, 9.17) is 15.6 Å². The van der Waals surface area contributed by atoms with Crippen LogP contribution in [0.5, 0.6) is 11.6 Å². The maximum Gasteiger partial charge on any atom is 0.320 e. The molecule has 43 heavy (non-hydrogen) atoms. The van der Waals surface area contributed by atoms with Crippen molar-refractivity contribution >= 4 is 23.7 Å². The molecule has 0 saturated carbocycles. The van der Waals surface area contributed by atoms with Crippen molar-refractivity contribution in [1.82, 2.24) is 25.1 Å². The molecule has 2 aromatic carbocycles. The van der Waals surface area contributed by atoms with Crippen LogP contribution in [0.2, 0.25) is 0 Å². The number of hydrogen-bond acceptors (Lipinski definition) is 7. The zero-order valence-corrected chi connectivity index (χ0v) is 25.0. The van der Waals surface area contributed by atoms with Crippen molar-refractivity contribution in [1.29, 1.82) is 0 Å². The number of aromatic nitrogens is 4. The standard InChI is InChI=1S/C32H38N8O3/c1-21-9-11-24(12-10-21)40-27(19-26(38-40)32(2,3)4)36-31(42)35-20-23-7-5-6-8-25(23)43-28-13-16-34-30(37-28)39-17-14-22(15-18-39)29(33)41/h5-13,16,19,22H,14-15,17-18,20H2,1-4H3,(H2,33,41)(H2,35,36,42). The molecule has 1 fully saturated rings. The Kier molecular flexibility index (Phi) is 8.61. The van der Waals surface area contributed by atoms with Gasteiger partial charge in [0.15, 0.2) is 0 Å². The largest absolute Gasteiger partial charge is 0.439 e. The predicted molar refractivity (Wildman–Crippen MR) is 166 cm³/mol. The van der Waals surface area contributed by atoms with E-state index in [9.17, 15) is 9.59 Å². The molecule has 0 unspecified atom stereocenters. The molecule has 0 aliphatic carbocycles. The number of benzene rings is 2. The molecule has 4 N–H and O–H groups in total. The second-order valence-corrected chi connectivity index (χ2v) is 11.8. The van der Waals surface area contributed by atoms with Crippen LogP contribution in [0, 0.1) is 12.8 Å². The summed E-state index contributed by atoms with van der Waals surface area (Å²) in [7, 11) is 0. The van der Waals surface area contributed by atoms with Crippen molar-refractivity contribution in [3.8, 4) is 17.3 Å². The highest BCUT2D eigenvalue weighted by molar-refractivity contribution is 5.88. The number of rotatable bonds is 8. The lowest BCUT2D eigenvalue weighted by atomic mass is 9.92. The van der Waals surface area contributed by atoms with Crippen LogP contribution in [0.1, 0.15) is 50.4 Å². The molecular weight excluding hydrogens is 544 g/mol. The maximum atomic E-state index is 13.1. The van der Waals surface area contributed by atoms with E-state index in [-0.39, 0.29) is 29.8 Å². The summed E-state index contributed by atoms with van der Waals surface area (Å²) < 4.78 is 7.89. The third-order valence-electron chi connectivity index (χ3n) is 7.42. The minimum atomic E-state index is -0.368. The molecule has 3 heterocycles. The van der Waals surface area contributed by atoms with Gasteiger partial charge in [-0.05, 0) is 38.0 Å². The molecule has 3 amide bonds. The number of nitrogens with two attached hydrogens (primary N) is 1. The minimum absolute atomic E-state index is 0.115. The van der Waals surface area contributed by atoms with Crippen molar-refractivity contribution in [2.75, 3.05) is 23.3 Å². The van der Waals surface area contributed by atoms with E-state index >= 15 is 0 Å². The van der Waals surface area contributed by atoms with Gasteiger partial charge < -0.3 is 20.7 Å². The Hall–Kier alpha value is -4.93. The Balaban J connectivity index is 1.25. The lowest BCUT2D eigenvalue weighted by Gasteiger charge is -2.30. The molecule has 0 bridgehead atoms. The summed E-state index contributed by atoms with van der Waals surface area (Å²) in [5.41, 5.74) is 8.92. The highest BCUT2D eigenvalue weighted by Gasteiger charge is 2.25. The number of carbonyl (C=O) groups excluding carboxylic acids is 2. The van der Waals surface area contributed by atoms with Gasteiger partial charge in [-0.2, -0.15) is 10.1 Å². The number of amides is 3. The van der Waals surface area contributed by atoms with E-state index < -0.39 is 0 Å². The van der Waals surface area contributed by atoms with Gasteiger partial charge in [0, 0.05) is 54.9 Å². The number of anilines is 2. The predicted octanol–water partition coefficient (Wildman–Crippen LogP) is 5.08. The summed E-state index contributed by atoms with van der Waals surface area (Å²) in [4.78, 5) is 35.6. The van der Waals surface area contributed by atoms with Crippen LogP contribution >= 0.6 is 0 Å². The van der Waals surface area contributed by atoms with E-state index in [2.05, 4.69) is 41.4 Å². The van der Waals surface area contributed by atoms with E-state index in [1.54, 1.807) is 16.9 Å². The molecule has 11 heteroatoms. The molecule has 0 spiro atoms. The molecule has 0 radical (unpaired) electrons. The maximum absolute atomic E-state index is 13.1. The number of aryl methyl sites for hydroxylation is 1. The van der Waals surface area contributed by atoms with Gasteiger partial charge in [-0.25, -0.2) is 14.5 Å². The highest BCUT2D eigenvalue weighted by atomic mass is 16.5. The fourth-order valence-electron chi connectivity index (χ4n) is 4.82. The number of ether oxygens (including phenoxy) is 1. The van der Waals surface area contributed by atoms with Crippen molar-refractivity contribution in [2.45, 2.75) is 52.5 Å². The van der Waals surface area contributed by atoms with Crippen molar-refractivity contribution in [2.24, 2.45) is 11.7 Å². The van der Waals surface area contributed by atoms with Gasteiger partial charge in [-0.15, -0.1) is 0 Å². The summed E-state index contributed by atoms with van der Waals surface area (Å²) in [5, 5.41) is 10.7. The number of carbonyl (C=O) groups is 2. The average Bonchev–Trinajstić information content (AvgIpc) is 3.41. The number of piperidine rings is 1. The summed E-state index contributed by atoms with van der Waals surface area (Å²) in [5.74, 6) is 1.69. The van der Waals surface area contributed by atoms with Crippen LogP contribution in [-0.2, 0) is 16.8 Å². The lowest BCUT2D eigenvalue weighted by Crippen LogP contribution is -2.39. The summed E-state index contributed by atoms with van der Waals surface area (Å²) in [6, 6.07) is 18.7. The first-order valence-electron chi connectivity index (χ1n) is 14.4. The summed E-state index contributed by atoms with van der Waals surface area (Å²) in [6.07, 6.45) is 2.99. The lowest BCUT2D eigenvalue weighted by molar-refractivity contribution is -0.122. The Morgan fingerprint density at radius 2 is 1.77 bits per heavy atom. The molecule has 2 aromatic heterocycles. The van der Waals surface area contributed by atoms with Gasteiger partial charge in [0.05, 0.1) is 11.4 Å². The number of hydrogen-bond donors (Lipinski definition) is 3. The molecule has 4 aromatic rings. The molecule has 224 valence electrons. The molecular formula is C32H38N8O3. The fourth-order valence-corrected chi connectivity index (χ4v) is 4.82. The zero-order chi connectivity index (χ0) is 30.6. The van der Waals surface area contributed by atoms with Crippen LogP contribution in [0.3, 0.4) is 0 Å². The Morgan fingerprint density at radius 3 is 2.47 bits per heavy atom. The van der Waals surface area contributed by atoms with E-state index in [1.165, 1.54) is 0 Å². The average molecular weight is 583 g/mol. The van der Waals surface area contributed by atoms with Crippen LogP contribution < -0.4 is 26.0 Å². The molecule has 1 saturated heterocycles. The van der Waals surface area contributed by atoms with Crippen LogP contribution in [-0.4, -0.2) is 44.8 Å². The van der Waals surface area contributed by atoms with Gasteiger partial charge in [-0.3, -0.25) is 10.1 Å². The van der Waals surface area contributed by atoms with Gasteiger partial charge in [-0.1, -0.05) is 56.7 Å². The third kappa shape index (κ3) is 7.29. The normalized spacial score (nSPS) is 13.9. The van der Waals surface area contributed by atoms with Crippen molar-refractivity contribution < 1.29 is 14.3 Å². The molecule has 0 atom stereocenters. The van der Waals surface area contributed by atoms with Crippen LogP contribution in [0.25, 0.3) is 5.69 Å². The Bertz CT molecular complexity index is 1580. The number of nitrogens with one attached hydrogen (secondary N) is 2. The zero-order valence-electron chi connectivity index (χ0n) is 25.0.